The maximum Gasteiger partial charge on any atom is 0.331 e. The van der Waals surface area contributed by atoms with Gasteiger partial charge in [0, 0.05) is 78.5 Å². The zero-order valence-electron chi connectivity index (χ0n) is 28.8. The average Bonchev–Trinajstić information content (AvgIpc) is 3.14. The normalized spacial score (nSPS) is 18.4. The number of benzene rings is 3. The number of aliphatic hydroxyl groups is 2. The summed E-state index contributed by atoms with van der Waals surface area (Å²) >= 11 is 0. The van der Waals surface area contributed by atoms with Crippen LogP contribution in [0.15, 0.2) is 107 Å². The van der Waals surface area contributed by atoms with Gasteiger partial charge in [-0.1, -0.05) is 97.1 Å². The monoisotopic (exact) mass is 678 g/mol. The summed E-state index contributed by atoms with van der Waals surface area (Å²) < 4.78 is 2.65. The van der Waals surface area contributed by atoms with Crippen molar-refractivity contribution >= 4 is 23.1 Å². The van der Waals surface area contributed by atoms with Crippen molar-refractivity contribution in [2.75, 3.05) is 78.5 Å². The van der Waals surface area contributed by atoms with E-state index in [-0.39, 0.29) is 13.1 Å². The number of fused-ring (bicyclic) bond motifs is 1. The molecule has 2 saturated heterocycles. The predicted molar refractivity (Wildman–Crippen MR) is 201 cm³/mol. The van der Waals surface area contributed by atoms with E-state index in [0.29, 0.717) is 24.0 Å². The molecule has 0 spiro atoms. The van der Waals surface area contributed by atoms with Crippen LogP contribution in [-0.4, -0.2) is 130 Å². The smallest absolute Gasteiger partial charge is 0.331 e. The van der Waals surface area contributed by atoms with Crippen molar-refractivity contribution in [1.82, 2.24) is 28.7 Å². The van der Waals surface area contributed by atoms with Crippen LogP contribution in [0.5, 0.6) is 0 Å². The van der Waals surface area contributed by atoms with Gasteiger partial charge >= 0.3 is 5.69 Å². The molecule has 0 aliphatic carbocycles. The SMILES string of the molecule is O=c1c2ccccc2n(C[C@H](O)CN2CCN(C/C=C/c3ccccc3)CC2)c(=O)n1C[C@H](O)CN1CCN(C/C=C/c2ccccc2)CC1. The fraction of sp³-hybridized carbons (Fsp3) is 0.400. The first kappa shape index (κ1) is 35.7. The third-order valence-electron chi connectivity index (χ3n) is 9.73. The summed E-state index contributed by atoms with van der Waals surface area (Å²) in [5.41, 5.74) is 1.96. The van der Waals surface area contributed by atoms with Crippen LogP contribution >= 0.6 is 0 Å². The highest BCUT2D eigenvalue weighted by Crippen LogP contribution is 2.11. The molecule has 0 bridgehead atoms. The zero-order valence-corrected chi connectivity index (χ0v) is 28.8. The largest absolute Gasteiger partial charge is 0.390 e. The first-order chi connectivity index (χ1) is 24.4. The van der Waals surface area contributed by atoms with E-state index in [2.05, 4.69) is 68.2 Å². The summed E-state index contributed by atoms with van der Waals surface area (Å²) in [6.07, 6.45) is 6.97. The zero-order chi connectivity index (χ0) is 34.7. The molecular weight excluding hydrogens is 628 g/mol. The number of para-hydroxylation sites is 1. The minimum atomic E-state index is -0.886. The topological polar surface area (TPSA) is 97.4 Å². The van der Waals surface area contributed by atoms with Crippen LogP contribution in [0.2, 0.25) is 0 Å². The Morgan fingerprint density at radius 2 is 0.940 bits per heavy atom. The van der Waals surface area contributed by atoms with Gasteiger partial charge in [-0.05, 0) is 23.3 Å². The molecule has 2 N–H and O–H groups in total. The lowest BCUT2D eigenvalue weighted by Gasteiger charge is -2.35. The van der Waals surface area contributed by atoms with Crippen LogP contribution in [0.25, 0.3) is 23.1 Å². The number of rotatable bonds is 14. The van der Waals surface area contributed by atoms with Crippen molar-refractivity contribution in [2.45, 2.75) is 25.3 Å². The van der Waals surface area contributed by atoms with Gasteiger partial charge in [0.1, 0.15) is 0 Å². The molecule has 10 heteroatoms. The minimum Gasteiger partial charge on any atom is -0.390 e. The lowest BCUT2D eigenvalue weighted by molar-refractivity contribution is 0.0632. The third-order valence-corrected chi connectivity index (χ3v) is 9.73. The Kier molecular flexibility index (Phi) is 12.6. The average molecular weight is 679 g/mol. The lowest BCUT2D eigenvalue weighted by atomic mass is 10.2. The van der Waals surface area contributed by atoms with E-state index in [9.17, 15) is 19.8 Å². The molecular formula is C40H50N6O4. The molecule has 2 aliphatic heterocycles. The number of hydrogen-bond donors (Lipinski definition) is 2. The van der Waals surface area contributed by atoms with E-state index in [4.69, 9.17) is 0 Å². The Hall–Kier alpha value is -4.16. The quantitative estimate of drug-likeness (QED) is 0.210. The van der Waals surface area contributed by atoms with Gasteiger partial charge in [-0.25, -0.2) is 4.79 Å². The third kappa shape index (κ3) is 9.75. The first-order valence-electron chi connectivity index (χ1n) is 17.8. The summed E-state index contributed by atoms with van der Waals surface area (Å²) in [5, 5.41) is 22.7. The number of hydrogen-bond acceptors (Lipinski definition) is 8. The molecule has 6 rings (SSSR count). The van der Waals surface area contributed by atoms with Crippen molar-refractivity contribution in [3.8, 4) is 0 Å². The molecule has 50 heavy (non-hydrogen) atoms. The van der Waals surface area contributed by atoms with Crippen LogP contribution in [0.1, 0.15) is 11.1 Å². The van der Waals surface area contributed by atoms with Gasteiger partial charge in [-0.2, -0.15) is 0 Å². The van der Waals surface area contributed by atoms with E-state index in [1.807, 2.05) is 36.4 Å². The summed E-state index contributed by atoms with van der Waals surface area (Å²) in [7, 11) is 0. The Balaban J connectivity index is 1.01. The molecule has 3 aromatic carbocycles. The molecule has 264 valence electrons. The molecule has 10 nitrogen and oxygen atoms in total. The maximum atomic E-state index is 13.8. The van der Waals surface area contributed by atoms with E-state index in [1.165, 1.54) is 15.7 Å². The second-order valence-electron chi connectivity index (χ2n) is 13.5. The molecule has 0 unspecified atom stereocenters. The number of piperazine rings is 2. The van der Waals surface area contributed by atoms with Gasteiger partial charge in [-0.15, -0.1) is 0 Å². The van der Waals surface area contributed by atoms with Gasteiger partial charge < -0.3 is 10.2 Å². The summed E-state index contributed by atoms with van der Waals surface area (Å²) in [5.74, 6) is 0. The summed E-state index contributed by atoms with van der Waals surface area (Å²) in [6.45, 7) is 9.36. The van der Waals surface area contributed by atoms with Gasteiger partial charge in [0.15, 0.2) is 0 Å². The Bertz CT molecular complexity index is 1820. The molecule has 2 atom stereocenters. The second-order valence-corrected chi connectivity index (χ2v) is 13.5. The second kappa shape index (κ2) is 17.7. The van der Waals surface area contributed by atoms with Crippen LogP contribution in [0.4, 0.5) is 0 Å². The number of β-amino-alcohol motifs (C(OH)–C–C–N with tert-alkyl or cyclic N) is 2. The van der Waals surface area contributed by atoms with Crippen LogP contribution in [0, 0.1) is 0 Å². The Morgan fingerprint density at radius 3 is 1.44 bits per heavy atom. The molecule has 0 amide bonds. The summed E-state index contributed by atoms with van der Waals surface area (Å²) in [6, 6.07) is 27.6. The van der Waals surface area contributed by atoms with E-state index in [1.54, 1.807) is 24.3 Å². The van der Waals surface area contributed by atoms with E-state index in [0.717, 1.165) is 70.0 Å². The molecule has 3 heterocycles. The highest BCUT2D eigenvalue weighted by atomic mass is 16.3. The maximum absolute atomic E-state index is 13.8. The van der Waals surface area contributed by atoms with Crippen molar-refractivity contribution in [2.24, 2.45) is 0 Å². The standard InChI is InChI=1S/C40H50N6O4/c47-35(29-43-25-21-41(22-26-43)19-9-15-33-11-3-1-4-12-33)31-45-38-18-8-7-17-37(38)39(49)46(40(45)50)32-36(48)30-44-27-23-42(24-28-44)20-10-16-34-13-5-2-6-14-34/h1-18,35-36,47-48H,19-32H2/b15-9+,16-10+/t35-,36-/m1/s1. The van der Waals surface area contributed by atoms with E-state index < -0.39 is 23.5 Å². The van der Waals surface area contributed by atoms with Crippen LogP contribution < -0.4 is 11.2 Å². The fourth-order valence-corrected chi connectivity index (χ4v) is 6.95. The Labute approximate surface area is 294 Å². The van der Waals surface area contributed by atoms with Gasteiger partial charge in [0.05, 0.1) is 36.2 Å². The van der Waals surface area contributed by atoms with E-state index >= 15 is 0 Å². The molecule has 2 aliphatic rings. The summed E-state index contributed by atoms with van der Waals surface area (Å²) in [4.78, 5) is 36.5. The van der Waals surface area contributed by atoms with Crippen molar-refractivity contribution in [3.63, 3.8) is 0 Å². The Morgan fingerprint density at radius 1 is 0.520 bits per heavy atom. The lowest BCUT2D eigenvalue weighted by Crippen LogP contribution is -2.51. The van der Waals surface area contributed by atoms with Crippen molar-refractivity contribution in [3.05, 3.63) is 129 Å². The van der Waals surface area contributed by atoms with Crippen LogP contribution in [0.3, 0.4) is 0 Å². The molecule has 0 radical (unpaired) electrons. The fourth-order valence-electron chi connectivity index (χ4n) is 6.95. The molecule has 4 aromatic rings. The predicted octanol–water partition coefficient (Wildman–Crippen LogP) is 2.55. The number of aliphatic hydroxyl groups excluding tert-OH is 2. The highest BCUT2D eigenvalue weighted by Gasteiger charge is 2.23. The van der Waals surface area contributed by atoms with Crippen LogP contribution in [-0.2, 0) is 13.1 Å². The van der Waals surface area contributed by atoms with Crippen molar-refractivity contribution in [1.29, 1.82) is 0 Å². The minimum absolute atomic E-state index is 0.0659. The van der Waals surface area contributed by atoms with Crippen molar-refractivity contribution < 1.29 is 10.2 Å². The van der Waals surface area contributed by atoms with Gasteiger partial charge in [-0.3, -0.25) is 33.5 Å². The molecule has 2 fully saturated rings. The molecule has 1 aromatic heterocycles. The molecule has 0 saturated carbocycles. The first-order valence-corrected chi connectivity index (χ1v) is 17.8. The highest BCUT2D eigenvalue weighted by molar-refractivity contribution is 5.77. The van der Waals surface area contributed by atoms with Gasteiger partial charge in [0.25, 0.3) is 5.56 Å². The number of nitrogens with zero attached hydrogens (tertiary/aromatic N) is 6. The number of aromatic nitrogens is 2. The van der Waals surface area contributed by atoms with Gasteiger partial charge in [0.2, 0.25) is 0 Å².